The second-order valence-electron chi connectivity index (χ2n) is 8.38. The zero-order valence-corrected chi connectivity index (χ0v) is 20.7. The molecule has 1 N–H and O–H groups in total. The molecule has 2 unspecified atom stereocenters. The molecule has 2 fully saturated rings. The normalized spacial score (nSPS) is 20.4. The molecular formula is C24H33BrN2O6. The zero-order chi connectivity index (χ0) is 23.6. The molecule has 2 heterocycles. The summed E-state index contributed by atoms with van der Waals surface area (Å²) in [4.78, 5) is 39.5. The molecule has 1 aromatic rings. The molecule has 3 rings (SSSR count). The van der Waals surface area contributed by atoms with Gasteiger partial charge in [0.25, 0.3) is 5.91 Å². The summed E-state index contributed by atoms with van der Waals surface area (Å²) < 4.78 is 17.3. The molecule has 2 aliphatic rings. The highest BCUT2D eigenvalue weighted by atomic mass is 79.9. The third-order valence-corrected chi connectivity index (χ3v) is 6.46. The van der Waals surface area contributed by atoms with E-state index in [2.05, 4.69) is 28.2 Å². The van der Waals surface area contributed by atoms with Crippen LogP contribution < -0.4 is 10.1 Å². The van der Waals surface area contributed by atoms with Crippen LogP contribution in [0.5, 0.6) is 5.75 Å². The van der Waals surface area contributed by atoms with Crippen molar-refractivity contribution in [3.63, 3.8) is 0 Å². The van der Waals surface area contributed by atoms with Crippen molar-refractivity contribution >= 4 is 33.7 Å². The number of benzene rings is 1. The summed E-state index contributed by atoms with van der Waals surface area (Å²) in [6.45, 7) is 4.29. The van der Waals surface area contributed by atoms with Gasteiger partial charge in [0.2, 0.25) is 5.91 Å². The lowest BCUT2D eigenvalue weighted by Crippen LogP contribution is -2.57. The Balaban J connectivity index is 1.59. The number of hydrogen-bond donors (Lipinski definition) is 1. The van der Waals surface area contributed by atoms with Crippen molar-refractivity contribution in [2.24, 2.45) is 0 Å². The van der Waals surface area contributed by atoms with Crippen LogP contribution in [-0.4, -0.2) is 67.7 Å². The Labute approximate surface area is 203 Å². The van der Waals surface area contributed by atoms with E-state index >= 15 is 0 Å². The molecule has 33 heavy (non-hydrogen) atoms. The summed E-state index contributed by atoms with van der Waals surface area (Å²) in [5.74, 6) is -0.501. The molecule has 0 radical (unpaired) electrons. The summed E-state index contributed by atoms with van der Waals surface area (Å²) in [7, 11) is 0. The van der Waals surface area contributed by atoms with Crippen LogP contribution in [0.15, 0.2) is 22.7 Å². The SMILES string of the molecule is CCCCCCOc1ccc(C(=O)N2CCNC(=O)C2CC(=O)OCC2CCCO2)cc1Br. The number of piperazine rings is 1. The minimum absolute atomic E-state index is 0.0865. The van der Waals surface area contributed by atoms with E-state index in [1.165, 1.54) is 17.7 Å². The van der Waals surface area contributed by atoms with E-state index in [0.29, 0.717) is 42.1 Å². The number of esters is 1. The van der Waals surface area contributed by atoms with Crippen LogP contribution in [-0.2, 0) is 19.1 Å². The van der Waals surface area contributed by atoms with Crippen LogP contribution in [0, 0.1) is 0 Å². The van der Waals surface area contributed by atoms with Crippen LogP contribution in [0.4, 0.5) is 0 Å². The standard InChI is InChI=1S/C24H33BrN2O6/c1-2-3-4-5-12-32-21-9-8-17(14-19(21)25)24(30)27-11-10-26-23(29)20(27)15-22(28)33-16-18-7-6-13-31-18/h8-9,14,18,20H,2-7,10-13,15-16H2,1H3,(H,26,29). The maximum atomic E-state index is 13.2. The first-order chi connectivity index (χ1) is 16.0. The largest absolute Gasteiger partial charge is 0.492 e. The van der Waals surface area contributed by atoms with Gasteiger partial charge in [0.15, 0.2) is 0 Å². The predicted molar refractivity (Wildman–Crippen MR) is 126 cm³/mol. The van der Waals surface area contributed by atoms with Gasteiger partial charge in [-0.1, -0.05) is 26.2 Å². The molecule has 2 amide bonds. The fourth-order valence-corrected chi connectivity index (χ4v) is 4.46. The molecule has 0 aromatic heterocycles. The molecule has 2 saturated heterocycles. The van der Waals surface area contributed by atoms with Crippen LogP contribution in [0.2, 0.25) is 0 Å². The van der Waals surface area contributed by atoms with E-state index < -0.39 is 12.0 Å². The highest BCUT2D eigenvalue weighted by molar-refractivity contribution is 9.10. The maximum absolute atomic E-state index is 13.2. The van der Waals surface area contributed by atoms with Crippen LogP contribution in [0.25, 0.3) is 0 Å². The first-order valence-corrected chi connectivity index (χ1v) is 12.6. The van der Waals surface area contributed by atoms with E-state index in [-0.39, 0.29) is 30.9 Å². The number of carbonyl (C=O) groups excluding carboxylic acids is 3. The van der Waals surface area contributed by atoms with Crippen LogP contribution >= 0.6 is 15.9 Å². The van der Waals surface area contributed by atoms with E-state index in [9.17, 15) is 14.4 Å². The highest BCUT2D eigenvalue weighted by Gasteiger charge is 2.36. The minimum Gasteiger partial charge on any atom is -0.492 e. The molecule has 1 aromatic carbocycles. The third-order valence-electron chi connectivity index (χ3n) is 5.84. The van der Waals surface area contributed by atoms with Gasteiger partial charge in [0, 0.05) is 25.3 Å². The molecule has 2 aliphatic heterocycles. The quantitative estimate of drug-likeness (QED) is 0.352. The number of carbonyl (C=O) groups is 3. The Kier molecular flexibility index (Phi) is 9.99. The lowest BCUT2D eigenvalue weighted by Gasteiger charge is -2.34. The molecule has 0 aliphatic carbocycles. The predicted octanol–water partition coefficient (Wildman–Crippen LogP) is 3.46. The van der Waals surface area contributed by atoms with E-state index in [1.54, 1.807) is 18.2 Å². The molecule has 2 atom stereocenters. The first-order valence-electron chi connectivity index (χ1n) is 11.8. The number of ether oxygens (including phenoxy) is 3. The Morgan fingerprint density at radius 2 is 2.12 bits per heavy atom. The fourth-order valence-electron chi connectivity index (χ4n) is 3.97. The summed E-state index contributed by atoms with van der Waals surface area (Å²) in [6.07, 6.45) is 5.99. The number of unbranched alkanes of at least 4 members (excludes halogenated alkanes) is 3. The van der Waals surface area contributed by atoms with Gasteiger partial charge in [-0.3, -0.25) is 14.4 Å². The molecular weight excluding hydrogens is 492 g/mol. The van der Waals surface area contributed by atoms with Crippen molar-refractivity contribution in [1.29, 1.82) is 0 Å². The number of rotatable bonds is 11. The smallest absolute Gasteiger partial charge is 0.308 e. The highest BCUT2D eigenvalue weighted by Crippen LogP contribution is 2.27. The van der Waals surface area contributed by atoms with Crippen LogP contribution in [0.3, 0.4) is 0 Å². The monoisotopic (exact) mass is 524 g/mol. The minimum atomic E-state index is -0.906. The summed E-state index contributed by atoms with van der Waals surface area (Å²) >= 11 is 3.48. The molecule has 0 bridgehead atoms. The Morgan fingerprint density at radius 3 is 2.85 bits per heavy atom. The van der Waals surface area contributed by atoms with Gasteiger partial charge in [-0.05, 0) is 53.4 Å². The molecule has 9 heteroatoms. The van der Waals surface area contributed by atoms with Crippen molar-refractivity contribution in [2.75, 3.05) is 32.9 Å². The van der Waals surface area contributed by atoms with Gasteiger partial charge >= 0.3 is 5.97 Å². The lowest BCUT2D eigenvalue weighted by molar-refractivity contribution is -0.150. The van der Waals surface area contributed by atoms with Gasteiger partial charge in [-0.2, -0.15) is 0 Å². The Hall–Kier alpha value is -2.13. The lowest BCUT2D eigenvalue weighted by atomic mass is 10.1. The summed E-state index contributed by atoms with van der Waals surface area (Å²) in [5.41, 5.74) is 0.424. The number of amides is 2. The van der Waals surface area contributed by atoms with Gasteiger partial charge in [-0.25, -0.2) is 0 Å². The molecule has 182 valence electrons. The maximum Gasteiger partial charge on any atom is 0.308 e. The molecule has 0 spiro atoms. The van der Waals surface area contributed by atoms with Crippen molar-refractivity contribution in [3.8, 4) is 5.75 Å². The number of hydrogen-bond acceptors (Lipinski definition) is 6. The zero-order valence-electron chi connectivity index (χ0n) is 19.1. The van der Waals surface area contributed by atoms with Gasteiger partial charge < -0.3 is 24.4 Å². The van der Waals surface area contributed by atoms with E-state index in [4.69, 9.17) is 14.2 Å². The Morgan fingerprint density at radius 1 is 1.27 bits per heavy atom. The topological polar surface area (TPSA) is 94.2 Å². The Bertz CT molecular complexity index is 827. The molecule has 0 saturated carbocycles. The number of halogens is 1. The van der Waals surface area contributed by atoms with Gasteiger partial charge in [0.05, 0.1) is 23.6 Å². The first kappa shape index (κ1) is 25.5. The third kappa shape index (κ3) is 7.43. The fraction of sp³-hybridized carbons (Fsp3) is 0.625. The van der Waals surface area contributed by atoms with Crippen LogP contribution in [0.1, 0.15) is 62.2 Å². The second kappa shape index (κ2) is 12.9. The molecule has 8 nitrogen and oxygen atoms in total. The van der Waals surface area contributed by atoms with Crippen molar-refractivity contribution in [1.82, 2.24) is 10.2 Å². The number of nitrogens with zero attached hydrogens (tertiary/aromatic N) is 1. The average Bonchev–Trinajstić information content (AvgIpc) is 3.33. The van der Waals surface area contributed by atoms with Crippen molar-refractivity contribution in [2.45, 2.75) is 64.0 Å². The van der Waals surface area contributed by atoms with E-state index in [1.807, 2.05) is 0 Å². The van der Waals surface area contributed by atoms with Gasteiger partial charge in [0.1, 0.15) is 18.4 Å². The van der Waals surface area contributed by atoms with Crippen molar-refractivity contribution < 1.29 is 28.6 Å². The van der Waals surface area contributed by atoms with Gasteiger partial charge in [-0.15, -0.1) is 0 Å². The number of nitrogens with one attached hydrogen (secondary N) is 1. The summed E-state index contributed by atoms with van der Waals surface area (Å²) in [5, 5.41) is 2.73. The van der Waals surface area contributed by atoms with E-state index in [0.717, 1.165) is 25.7 Å². The average molecular weight is 525 g/mol. The van der Waals surface area contributed by atoms with Crippen molar-refractivity contribution in [3.05, 3.63) is 28.2 Å². The summed E-state index contributed by atoms with van der Waals surface area (Å²) in [6, 6.07) is 4.24. The second-order valence-corrected chi connectivity index (χ2v) is 9.24.